The summed E-state index contributed by atoms with van der Waals surface area (Å²) in [5, 5.41) is 4.55. The maximum Gasteiger partial charge on any atom is 0.410 e. The molecule has 0 atom stereocenters. The fourth-order valence-electron chi connectivity index (χ4n) is 2.86. The molecule has 0 saturated heterocycles. The van der Waals surface area contributed by atoms with Gasteiger partial charge in [-0.25, -0.2) is 14.8 Å². The highest BCUT2D eigenvalue weighted by Gasteiger charge is 2.28. The summed E-state index contributed by atoms with van der Waals surface area (Å²) in [6, 6.07) is 5.31. The summed E-state index contributed by atoms with van der Waals surface area (Å²) in [6.07, 6.45) is 0.215. The van der Waals surface area contributed by atoms with Crippen LogP contribution in [0, 0.1) is 0 Å². The van der Waals surface area contributed by atoms with Gasteiger partial charge in [0.1, 0.15) is 11.4 Å². The Morgan fingerprint density at radius 2 is 2.00 bits per heavy atom. The number of anilines is 1. The van der Waals surface area contributed by atoms with Crippen LogP contribution in [0.15, 0.2) is 18.2 Å². The molecule has 2 aromatic rings. The van der Waals surface area contributed by atoms with Gasteiger partial charge >= 0.3 is 6.09 Å². The number of carbonyl (C=O) groups excluding carboxylic acids is 1. The van der Waals surface area contributed by atoms with E-state index in [4.69, 9.17) is 39.5 Å². The molecule has 9 heteroatoms. The summed E-state index contributed by atoms with van der Waals surface area (Å²) in [5.74, 6) is 0.578. The molecule has 1 aliphatic rings. The molecule has 3 rings (SSSR count). The molecule has 1 aromatic heterocycles. The lowest BCUT2D eigenvalue weighted by atomic mass is 10.1. The zero-order chi connectivity index (χ0) is 20.5. The monoisotopic (exact) mass is 442 g/mol. The number of fused-ring (bicyclic) bond motifs is 1. The normalized spacial score (nSPS) is 13.9. The number of ether oxygens (including phenoxy) is 1. The molecule has 0 aliphatic carbocycles. The third-order valence-electron chi connectivity index (χ3n) is 4.15. The number of carbonyl (C=O) groups is 1. The molecular formula is C19H21Cl3N4O2. The van der Waals surface area contributed by atoms with Crippen LogP contribution >= 0.6 is 34.8 Å². The molecule has 1 aliphatic heterocycles. The van der Waals surface area contributed by atoms with Crippen molar-refractivity contribution in [2.45, 2.75) is 45.9 Å². The zero-order valence-corrected chi connectivity index (χ0v) is 18.1. The second kappa shape index (κ2) is 8.31. The van der Waals surface area contributed by atoms with Gasteiger partial charge in [0.2, 0.25) is 5.28 Å². The topological polar surface area (TPSA) is 67.3 Å². The van der Waals surface area contributed by atoms with E-state index >= 15 is 0 Å². The number of nitrogens with one attached hydrogen (secondary N) is 1. The van der Waals surface area contributed by atoms with Crippen LogP contribution in [0.25, 0.3) is 0 Å². The second-order valence-electron chi connectivity index (χ2n) is 7.51. The Morgan fingerprint density at radius 1 is 1.25 bits per heavy atom. The first kappa shape index (κ1) is 21.0. The number of nitrogens with zero attached hydrogens (tertiary/aromatic N) is 3. The first-order valence-corrected chi connectivity index (χ1v) is 9.97. The van der Waals surface area contributed by atoms with Crippen molar-refractivity contribution >= 4 is 46.7 Å². The number of halogens is 3. The Morgan fingerprint density at radius 3 is 2.68 bits per heavy atom. The summed E-state index contributed by atoms with van der Waals surface area (Å²) in [7, 11) is 0. The van der Waals surface area contributed by atoms with Crippen molar-refractivity contribution in [1.82, 2.24) is 14.9 Å². The van der Waals surface area contributed by atoms with Gasteiger partial charge in [-0.3, -0.25) is 0 Å². The summed E-state index contributed by atoms with van der Waals surface area (Å²) < 4.78 is 5.48. The van der Waals surface area contributed by atoms with E-state index in [-0.39, 0.29) is 11.4 Å². The molecule has 0 bridgehead atoms. The van der Waals surface area contributed by atoms with Crippen LogP contribution < -0.4 is 5.32 Å². The zero-order valence-electron chi connectivity index (χ0n) is 15.9. The van der Waals surface area contributed by atoms with Crippen molar-refractivity contribution in [3.63, 3.8) is 0 Å². The Bertz CT molecular complexity index is 899. The van der Waals surface area contributed by atoms with Crippen LogP contribution in [-0.4, -0.2) is 33.1 Å². The van der Waals surface area contributed by atoms with Gasteiger partial charge in [-0.15, -0.1) is 0 Å². The SMILES string of the molecule is CC(C)(C)OC(=O)N1CCc2nc(Cl)nc(NCc3ccc(Cl)cc3Cl)c2C1. The molecule has 0 unspecified atom stereocenters. The van der Waals surface area contributed by atoms with Gasteiger partial charge in [0.25, 0.3) is 0 Å². The van der Waals surface area contributed by atoms with Gasteiger partial charge in [0.05, 0.1) is 12.2 Å². The molecule has 1 amide bonds. The largest absolute Gasteiger partial charge is 0.444 e. The van der Waals surface area contributed by atoms with E-state index in [0.29, 0.717) is 41.9 Å². The third kappa shape index (κ3) is 5.19. The van der Waals surface area contributed by atoms with Gasteiger partial charge in [-0.05, 0) is 50.1 Å². The van der Waals surface area contributed by atoms with Crippen molar-refractivity contribution < 1.29 is 9.53 Å². The van der Waals surface area contributed by atoms with E-state index in [9.17, 15) is 4.79 Å². The molecule has 0 radical (unpaired) electrons. The van der Waals surface area contributed by atoms with E-state index in [0.717, 1.165) is 16.8 Å². The highest BCUT2D eigenvalue weighted by atomic mass is 35.5. The number of hydrogen-bond donors (Lipinski definition) is 1. The fraction of sp³-hybridized carbons (Fsp3) is 0.421. The average molecular weight is 444 g/mol. The van der Waals surface area contributed by atoms with Crippen LogP contribution in [0.3, 0.4) is 0 Å². The first-order valence-electron chi connectivity index (χ1n) is 8.83. The van der Waals surface area contributed by atoms with Crippen molar-refractivity contribution in [2.75, 3.05) is 11.9 Å². The molecule has 2 heterocycles. The van der Waals surface area contributed by atoms with Crippen LogP contribution in [-0.2, 0) is 24.2 Å². The first-order chi connectivity index (χ1) is 13.1. The molecule has 0 spiro atoms. The highest BCUT2D eigenvalue weighted by molar-refractivity contribution is 6.35. The minimum absolute atomic E-state index is 0.161. The van der Waals surface area contributed by atoms with Crippen LogP contribution in [0.4, 0.5) is 10.6 Å². The third-order valence-corrected chi connectivity index (χ3v) is 4.90. The van der Waals surface area contributed by atoms with Crippen molar-refractivity contribution in [2.24, 2.45) is 0 Å². The van der Waals surface area contributed by atoms with Gasteiger partial charge in [0.15, 0.2) is 0 Å². The van der Waals surface area contributed by atoms with E-state index < -0.39 is 5.60 Å². The summed E-state index contributed by atoms with van der Waals surface area (Å²) in [5.41, 5.74) is 1.96. The Labute approximate surface area is 179 Å². The molecule has 0 saturated carbocycles. The number of hydrogen-bond acceptors (Lipinski definition) is 5. The maximum atomic E-state index is 12.4. The lowest BCUT2D eigenvalue weighted by Crippen LogP contribution is -2.40. The van der Waals surface area contributed by atoms with Crippen molar-refractivity contribution in [3.05, 3.63) is 50.3 Å². The Kier molecular flexibility index (Phi) is 6.22. The minimum atomic E-state index is -0.555. The molecular weight excluding hydrogens is 423 g/mol. The average Bonchev–Trinajstić information content (AvgIpc) is 2.58. The van der Waals surface area contributed by atoms with Gasteiger partial charge in [-0.2, -0.15) is 0 Å². The van der Waals surface area contributed by atoms with Gasteiger partial charge in [0, 0.05) is 35.1 Å². The summed E-state index contributed by atoms with van der Waals surface area (Å²) in [6.45, 7) is 6.82. The molecule has 6 nitrogen and oxygen atoms in total. The predicted molar refractivity (Wildman–Crippen MR) is 111 cm³/mol. The lowest BCUT2D eigenvalue weighted by molar-refractivity contribution is 0.0223. The van der Waals surface area contributed by atoms with E-state index in [1.165, 1.54) is 0 Å². The van der Waals surface area contributed by atoms with Crippen LogP contribution in [0.2, 0.25) is 15.3 Å². The molecule has 28 heavy (non-hydrogen) atoms. The van der Waals surface area contributed by atoms with Crippen LogP contribution in [0.1, 0.15) is 37.6 Å². The predicted octanol–water partition coefficient (Wildman–Crippen LogP) is 5.34. The molecule has 1 aromatic carbocycles. The van der Waals surface area contributed by atoms with Crippen molar-refractivity contribution in [1.29, 1.82) is 0 Å². The van der Waals surface area contributed by atoms with E-state index in [2.05, 4.69) is 15.3 Å². The minimum Gasteiger partial charge on any atom is -0.444 e. The Hall–Kier alpha value is -1.76. The van der Waals surface area contributed by atoms with Crippen LogP contribution in [0.5, 0.6) is 0 Å². The smallest absolute Gasteiger partial charge is 0.410 e. The molecule has 0 fully saturated rings. The molecule has 150 valence electrons. The van der Waals surface area contributed by atoms with E-state index in [1.54, 1.807) is 17.0 Å². The van der Waals surface area contributed by atoms with Crippen molar-refractivity contribution in [3.8, 4) is 0 Å². The summed E-state index contributed by atoms with van der Waals surface area (Å²) in [4.78, 5) is 22.7. The molecule has 1 N–H and O–H groups in total. The number of rotatable bonds is 3. The number of benzene rings is 1. The standard InChI is InChI=1S/C19H21Cl3N4O2/c1-19(2,3)28-18(27)26-7-6-15-13(10-26)16(25-17(22)24-15)23-9-11-4-5-12(20)8-14(11)21/h4-5,8H,6-7,9-10H2,1-3H3,(H,23,24,25). The summed E-state index contributed by atoms with van der Waals surface area (Å²) >= 11 is 18.3. The highest BCUT2D eigenvalue weighted by Crippen LogP contribution is 2.28. The van der Waals surface area contributed by atoms with Gasteiger partial charge in [-0.1, -0.05) is 29.3 Å². The fourth-order valence-corrected chi connectivity index (χ4v) is 3.52. The van der Waals surface area contributed by atoms with Gasteiger partial charge < -0.3 is 15.0 Å². The number of amides is 1. The Balaban J connectivity index is 1.80. The second-order valence-corrected chi connectivity index (χ2v) is 8.69. The van der Waals surface area contributed by atoms with E-state index in [1.807, 2.05) is 26.8 Å². The number of aromatic nitrogens is 2. The lowest BCUT2D eigenvalue weighted by Gasteiger charge is -2.31. The quantitative estimate of drug-likeness (QED) is 0.648. The maximum absolute atomic E-state index is 12.4.